The summed E-state index contributed by atoms with van der Waals surface area (Å²) >= 11 is 2.90. The summed E-state index contributed by atoms with van der Waals surface area (Å²) in [5, 5.41) is 15.8. The maximum absolute atomic E-state index is 12.9. The van der Waals surface area contributed by atoms with Gasteiger partial charge in [0.05, 0.1) is 10.5 Å². The number of thioether (sulfide) groups is 1. The van der Waals surface area contributed by atoms with Crippen LogP contribution in [0.25, 0.3) is 22.4 Å². The lowest BCUT2D eigenvalue weighted by molar-refractivity contribution is -0.384. The van der Waals surface area contributed by atoms with E-state index < -0.39 is 4.92 Å². The standard InChI is InChI=1S/C24H18N4O4S2/c1-14-4-3-5-18(28(30)31)22(14)19-11-8-16(32-19)13-20-23(29)27-24(34-20)25-21(26-27)12-15-6-9-17(33-2)10-7-15/h3-11,13H,12H2,1-2H3/b20-13-. The molecule has 8 nitrogen and oxygen atoms in total. The number of fused-ring (bicyclic) bond motifs is 1. The lowest BCUT2D eigenvalue weighted by atomic mass is 10.0. The number of nitro benzene ring substituents is 1. The number of hydrogen-bond donors (Lipinski definition) is 0. The largest absolute Gasteiger partial charge is 0.456 e. The van der Waals surface area contributed by atoms with Gasteiger partial charge in [0.25, 0.3) is 11.2 Å². The molecule has 0 unspecified atom stereocenters. The van der Waals surface area contributed by atoms with E-state index in [9.17, 15) is 14.9 Å². The molecule has 10 heteroatoms. The molecule has 5 aromatic rings. The second-order valence-corrected chi connectivity index (χ2v) is 9.48. The van der Waals surface area contributed by atoms with Crippen LogP contribution in [-0.4, -0.2) is 25.8 Å². The van der Waals surface area contributed by atoms with Crippen LogP contribution in [0.4, 0.5) is 5.69 Å². The Hall–Kier alpha value is -3.76. The highest BCUT2D eigenvalue weighted by Gasteiger charge is 2.20. The van der Waals surface area contributed by atoms with Crippen LogP contribution in [0.5, 0.6) is 0 Å². The molecular formula is C24H18N4O4S2. The van der Waals surface area contributed by atoms with Gasteiger partial charge in [-0.25, -0.2) is 4.98 Å². The van der Waals surface area contributed by atoms with Gasteiger partial charge in [0.2, 0.25) is 4.96 Å². The van der Waals surface area contributed by atoms with Crippen molar-refractivity contribution in [3.05, 3.63) is 102 Å². The fourth-order valence-electron chi connectivity index (χ4n) is 3.69. The molecule has 3 aromatic heterocycles. The van der Waals surface area contributed by atoms with E-state index in [0.29, 0.717) is 38.8 Å². The number of rotatable bonds is 6. The van der Waals surface area contributed by atoms with Gasteiger partial charge in [-0.15, -0.1) is 16.9 Å². The number of aromatic nitrogens is 3. The normalized spacial score (nSPS) is 12.0. The molecule has 0 fully saturated rings. The SMILES string of the molecule is CSc1ccc(Cc2nc3s/c(=C\c4ccc(-c5c(C)cccc5[N+](=O)[O-])o4)c(=O)n3n2)cc1. The summed E-state index contributed by atoms with van der Waals surface area (Å²) in [6, 6.07) is 16.4. The predicted octanol–water partition coefficient (Wildman–Crippen LogP) is 4.49. The number of benzene rings is 2. The monoisotopic (exact) mass is 490 g/mol. The van der Waals surface area contributed by atoms with Gasteiger partial charge in [0.1, 0.15) is 16.1 Å². The molecule has 0 amide bonds. The third-order valence-electron chi connectivity index (χ3n) is 5.34. The molecule has 0 atom stereocenters. The summed E-state index contributed by atoms with van der Waals surface area (Å²) in [7, 11) is 0. The minimum Gasteiger partial charge on any atom is -0.456 e. The number of hydrogen-bond acceptors (Lipinski definition) is 8. The van der Waals surface area contributed by atoms with Gasteiger partial charge in [-0.05, 0) is 48.6 Å². The first kappa shape index (κ1) is 22.1. The van der Waals surface area contributed by atoms with Gasteiger partial charge < -0.3 is 4.42 Å². The van der Waals surface area contributed by atoms with Crippen molar-refractivity contribution in [3.8, 4) is 11.3 Å². The van der Waals surface area contributed by atoms with Gasteiger partial charge in [-0.1, -0.05) is 35.6 Å². The Labute approximate surface area is 201 Å². The molecule has 2 aromatic carbocycles. The van der Waals surface area contributed by atoms with Crippen LogP contribution in [0.1, 0.15) is 22.7 Å². The van der Waals surface area contributed by atoms with Crippen LogP contribution in [0.2, 0.25) is 0 Å². The van der Waals surface area contributed by atoms with Crippen molar-refractivity contribution in [2.75, 3.05) is 6.26 Å². The zero-order valence-corrected chi connectivity index (χ0v) is 19.9. The van der Waals surface area contributed by atoms with Crippen LogP contribution >= 0.6 is 23.1 Å². The third-order valence-corrected chi connectivity index (χ3v) is 7.04. The Morgan fingerprint density at radius 1 is 1.18 bits per heavy atom. The topological polar surface area (TPSA) is 104 Å². The molecule has 0 radical (unpaired) electrons. The first-order valence-corrected chi connectivity index (χ1v) is 12.3. The van der Waals surface area contributed by atoms with Gasteiger partial charge in [-0.3, -0.25) is 14.9 Å². The molecule has 170 valence electrons. The molecule has 3 heterocycles. The average molecular weight is 491 g/mol. The van der Waals surface area contributed by atoms with E-state index in [4.69, 9.17) is 4.42 Å². The summed E-state index contributed by atoms with van der Waals surface area (Å²) in [6.45, 7) is 1.79. The van der Waals surface area contributed by atoms with Crippen LogP contribution < -0.4 is 10.1 Å². The highest BCUT2D eigenvalue weighted by molar-refractivity contribution is 7.98. The second-order valence-electron chi connectivity index (χ2n) is 7.59. The Morgan fingerprint density at radius 3 is 2.68 bits per heavy atom. The number of nitrogens with zero attached hydrogens (tertiary/aromatic N) is 4. The molecule has 0 aliphatic rings. The van der Waals surface area contributed by atoms with Gasteiger partial charge in [0, 0.05) is 23.5 Å². The molecule has 0 saturated heterocycles. The first-order valence-electron chi connectivity index (χ1n) is 10.3. The van der Waals surface area contributed by atoms with Gasteiger partial charge in [-0.2, -0.15) is 4.52 Å². The quantitative estimate of drug-likeness (QED) is 0.196. The smallest absolute Gasteiger partial charge is 0.291 e. The van der Waals surface area contributed by atoms with Crippen molar-refractivity contribution in [1.29, 1.82) is 0 Å². The lowest BCUT2D eigenvalue weighted by Crippen LogP contribution is -2.23. The van der Waals surface area contributed by atoms with E-state index in [0.717, 1.165) is 11.1 Å². The summed E-state index contributed by atoms with van der Waals surface area (Å²) in [4.78, 5) is 30.1. The van der Waals surface area contributed by atoms with E-state index in [1.807, 2.05) is 30.5 Å². The molecule has 0 bridgehead atoms. The summed E-state index contributed by atoms with van der Waals surface area (Å²) in [6.07, 6.45) is 4.18. The Balaban J connectivity index is 1.45. The molecular weight excluding hydrogens is 472 g/mol. The molecule has 0 aliphatic carbocycles. The van der Waals surface area contributed by atoms with E-state index in [1.165, 1.54) is 26.8 Å². The van der Waals surface area contributed by atoms with Crippen LogP contribution in [0.15, 0.2) is 68.7 Å². The maximum atomic E-state index is 12.9. The van der Waals surface area contributed by atoms with Crippen molar-refractivity contribution in [2.45, 2.75) is 18.2 Å². The Morgan fingerprint density at radius 2 is 1.97 bits per heavy atom. The molecule has 5 rings (SSSR count). The molecule has 0 spiro atoms. The van der Waals surface area contributed by atoms with Crippen LogP contribution in [0.3, 0.4) is 0 Å². The number of aryl methyl sites for hydroxylation is 1. The maximum Gasteiger partial charge on any atom is 0.291 e. The molecule has 0 saturated carbocycles. The van der Waals surface area contributed by atoms with Crippen molar-refractivity contribution in [2.24, 2.45) is 0 Å². The first-order chi connectivity index (χ1) is 16.4. The fourth-order valence-corrected chi connectivity index (χ4v) is 5.01. The van der Waals surface area contributed by atoms with Gasteiger partial charge in [0.15, 0.2) is 5.82 Å². The number of thiazole rings is 1. The van der Waals surface area contributed by atoms with E-state index in [1.54, 1.807) is 49.0 Å². The molecule has 0 N–H and O–H groups in total. The second kappa shape index (κ2) is 8.88. The third kappa shape index (κ3) is 4.13. The van der Waals surface area contributed by atoms with Crippen molar-refractivity contribution >= 4 is 39.8 Å². The van der Waals surface area contributed by atoms with Crippen molar-refractivity contribution < 1.29 is 9.34 Å². The van der Waals surface area contributed by atoms with Crippen molar-refractivity contribution in [1.82, 2.24) is 14.6 Å². The summed E-state index contributed by atoms with van der Waals surface area (Å²) in [5.41, 5.74) is 1.92. The Bertz CT molecular complexity index is 1630. The summed E-state index contributed by atoms with van der Waals surface area (Å²) < 4.78 is 7.58. The molecule has 0 aliphatic heterocycles. The Kier molecular flexibility index (Phi) is 5.76. The van der Waals surface area contributed by atoms with Crippen molar-refractivity contribution in [3.63, 3.8) is 0 Å². The van der Waals surface area contributed by atoms with Gasteiger partial charge >= 0.3 is 0 Å². The van der Waals surface area contributed by atoms with E-state index in [2.05, 4.69) is 10.1 Å². The highest BCUT2D eigenvalue weighted by Crippen LogP contribution is 2.34. The minimum absolute atomic E-state index is 0.0279. The molecule has 34 heavy (non-hydrogen) atoms. The highest BCUT2D eigenvalue weighted by atomic mass is 32.2. The zero-order valence-electron chi connectivity index (χ0n) is 18.2. The zero-order chi connectivity index (χ0) is 23.8. The minimum atomic E-state index is -0.432. The summed E-state index contributed by atoms with van der Waals surface area (Å²) in [5.74, 6) is 1.37. The van der Waals surface area contributed by atoms with Crippen LogP contribution in [-0.2, 0) is 6.42 Å². The average Bonchev–Trinajstić information content (AvgIpc) is 3.51. The van der Waals surface area contributed by atoms with E-state index >= 15 is 0 Å². The van der Waals surface area contributed by atoms with Crippen LogP contribution in [0, 0.1) is 17.0 Å². The predicted molar refractivity (Wildman–Crippen MR) is 132 cm³/mol. The lowest BCUT2D eigenvalue weighted by Gasteiger charge is -2.03. The fraction of sp³-hybridized carbons (Fsp3) is 0.125. The van der Waals surface area contributed by atoms with E-state index in [-0.39, 0.29) is 11.2 Å². The number of nitro groups is 1. The number of furan rings is 1.